The molecule has 1 aliphatic heterocycles. The SMILES string of the molecule is Brc1c2cccc1SCCOCCOCCOCCS2. The first-order valence-corrected chi connectivity index (χ1v) is 9.41. The van der Waals surface area contributed by atoms with Crippen LogP contribution in [0.2, 0.25) is 0 Å². The van der Waals surface area contributed by atoms with Gasteiger partial charge in [0.1, 0.15) is 0 Å². The summed E-state index contributed by atoms with van der Waals surface area (Å²) >= 11 is 7.33. The van der Waals surface area contributed by atoms with E-state index in [4.69, 9.17) is 14.2 Å². The molecule has 0 atom stereocenters. The van der Waals surface area contributed by atoms with Gasteiger partial charge in [0, 0.05) is 25.8 Å². The van der Waals surface area contributed by atoms with Gasteiger partial charge < -0.3 is 14.2 Å². The number of halogens is 1. The molecule has 0 spiro atoms. The third kappa shape index (κ3) is 5.95. The van der Waals surface area contributed by atoms with Crippen molar-refractivity contribution < 1.29 is 14.2 Å². The summed E-state index contributed by atoms with van der Waals surface area (Å²) in [5.74, 6) is 1.91. The van der Waals surface area contributed by atoms with Gasteiger partial charge in [0.2, 0.25) is 0 Å². The van der Waals surface area contributed by atoms with Crippen LogP contribution in [0.25, 0.3) is 0 Å². The van der Waals surface area contributed by atoms with E-state index in [1.807, 2.05) is 23.5 Å². The monoisotopic (exact) mass is 378 g/mol. The van der Waals surface area contributed by atoms with Crippen LogP contribution in [0.4, 0.5) is 0 Å². The van der Waals surface area contributed by atoms with Crippen LogP contribution >= 0.6 is 39.5 Å². The van der Waals surface area contributed by atoms with Crippen molar-refractivity contribution in [2.24, 2.45) is 0 Å². The second-order valence-electron chi connectivity index (χ2n) is 4.10. The van der Waals surface area contributed by atoms with Crippen LogP contribution in [-0.2, 0) is 14.2 Å². The fourth-order valence-corrected chi connectivity index (χ4v) is 4.36. The second-order valence-corrected chi connectivity index (χ2v) is 7.17. The number of hydrogen-bond donors (Lipinski definition) is 0. The molecule has 0 saturated carbocycles. The van der Waals surface area contributed by atoms with Crippen molar-refractivity contribution in [2.45, 2.75) is 9.79 Å². The maximum atomic E-state index is 5.54. The van der Waals surface area contributed by atoms with E-state index in [-0.39, 0.29) is 0 Å². The number of benzene rings is 1. The summed E-state index contributed by atoms with van der Waals surface area (Å²) < 4.78 is 17.7. The minimum Gasteiger partial charge on any atom is -0.378 e. The summed E-state index contributed by atoms with van der Waals surface area (Å²) in [6, 6.07) is 6.39. The van der Waals surface area contributed by atoms with Crippen LogP contribution in [0.3, 0.4) is 0 Å². The van der Waals surface area contributed by atoms with Gasteiger partial charge in [0.25, 0.3) is 0 Å². The zero-order chi connectivity index (χ0) is 14.0. The van der Waals surface area contributed by atoms with Crippen molar-refractivity contribution in [3.8, 4) is 0 Å². The Morgan fingerprint density at radius 1 is 0.750 bits per heavy atom. The molecule has 112 valence electrons. The Morgan fingerprint density at radius 3 is 1.70 bits per heavy atom. The van der Waals surface area contributed by atoms with Crippen LogP contribution in [0.15, 0.2) is 32.5 Å². The molecular formula is C14H19BrO3S2. The Kier molecular flexibility index (Phi) is 8.39. The molecule has 20 heavy (non-hydrogen) atoms. The van der Waals surface area contributed by atoms with E-state index >= 15 is 0 Å². The first kappa shape index (κ1) is 16.6. The minimum atomic E-state index is 0.641. The molecule has 6 heteroatoms. The number of rotatable bonds is 0. The number of hydrogen-bond acceptors (Lipinski definition) is 5. The smallest absolute Gasteiger partial charge is 0.0701 e. The summed E-state index contributed by atoms with van der Waals surface area (Å²) in [5, 5.41) is 0. The van der Waals surface area contributed by atoms with E-state index < -0.39 is 0 Å². The van der Waals surface area contributed by atoms with Crippen LogP contribution in [0.5, 0.6) is 0 Å². The molecule has 0 aromatic heterocycles. The van der Waals surface area contributed by atoms with E-state index in [0.29, 0.717) is 26.4 Å². The standard InChI is InChI=1S/C14H19BrO3S2/c15-14-12-2-1-3-13(14)20-11-9-18-7-5-16-4-6-17-8-10-19-12/h1-3H,4-11H2. The van der Waals surface area contributed by atoms with Gasteiger partial charge in [-0.15, -0.1) is 23.5 Å². The lowest BCUT2D eigenvalue weighted by Crippen LogP contribution is -2.11. The van der Waals surface area contributed by atoms with Gasteiger partial charge in [0.15, 0.2) is 0 Å². The van der Waals surface area contributed by atoms with E-state index in [0.717, 1.165) is 24.7 Å². The average molecular weight is 379 g/mol. The highest BCUT2D eigenvalue weighted by atomic mass is 79.9. The lowest BCUT2D eigenvalue weighted by molar-refractivity contribution is 0.0205. The van der Waals surface area contributed by atoms with E-state index in [2.05, 4.69) is 34.1 Å². The number of fused-ring (bicyclic) bond motifs is 2. The lowest BCUT2D eigenvalue weighted by atomic mass is 10.4. The zero-order valence-corrected chi connectivity index (χ0v) is 14.5. The summed E-state index contributed by atoms with van der Waals surface area (Å²) in [6.45, 7) is 4.07. The Labute approximate surface area is 137 Å². The molecular weight excluding hydrogens is 360 g/mol. The van der Waals surface area contributed by atoms with Gasteiger partial charge in [-0.2, -0.15) is 0 Å². The highest BCUT2D eigenvalue weighted by molar-refractivity contribution is 9.10. The molecule has 0 N–H and O–H groups in total. The summed E-state index contributed by atoms with van der Waals surface area (Å²) in [4.78, 5) is 2.53. The number of ether oxygens (including phenoxy) is 3. The highest BCUT2D eigenvalue weighted by Gasteiger charge is 2.07. The normalized spacial score (nSPS) is 19.6. The molecule has 0 fully saturated rings. The number of thioether (sulfide) groups is 2. The van der Waals surface area contributed by atoms with Gasteiger partial charge in [-0.05, 0) is 28.1 Å². The van der Waals surface area contributed by atoms with Gasteiger partial charge in [-0.25, -0.2) is 0 Å². The Balaban J connectivity index is 1.93. The van der Waals surface area contributed by atoms with Gasteiger partial charge in [-0.3, -0.25) is 0 Å². The van der Waals surface area contributed by atoms with Crippen molar-refractivity contribution in [1.29, 1.82) is 0 Å². The van der Waals surface area contributed by atoms with Crippen LogP contribution in [0, 0.1) is 0 Å². The molecule has 1 aromatic carbocycles. The minimum absolute atomic E-state index is 0.641. The molecule has 3 nitrogen and oxygen atoms in total. The predicted octanol–water partition coefficient (Wildman–Crippen LogP) is 3.70. The van der Waals surface area contributed by atoms with Crippen LogP contribution in [0.1, 0.15) is 0 Å². The first-order chi connectivity index (χ1) is 9.88. The molecule has 0 saturated heterocycles. The Bertz CT molecular complexity index is 372. The molecule has 1 aliphatic rings. The van der Waals surface area contributed by atoms with Crippen molar-refractivity contribution in [3.05, 3.63) is 22.7 Å². The maximum Gasteiger partial charge on any atom is 0.0701 e. The summed E-state index contributed by atoms with van der Waals surface area (Å²) in [6.07, 6.45) is 0. The highest BCUT2D eigenvalue weighted by Crippen LogP contribution is 2.35. The van der Waals surface area contributed by atoms with Crippen LogP contribution < -0.4 is 0 Å². The molecule has 2 bridgehead atoms. The van der Waals surface area contributed by atoms with E-state index in [1.54, 1.807) is 0 Å². The fourth-order valence-electron chi connectivity index (χ4n) is 1.68. The first-order valence-electron chi connectivity index (χ1n) is 6.65. The molecule has 2 rings (SSSR count). The van der Waals surface area contributed by atoms with Gasteiger partial charge >= 0.3 is 0 Å². The van der Waals surface area contributed by atoms with Gasteiger partial charge in [-0.1, -0.05) is 6.07 Å². The molecule has 0 unspecified atom stereocenters. The third-order valence-corrected chi connectivity index (χ3v) is 6.07. The molecule has 1 aromatic rings. The van der Waals surface area contributed by atoms with E-state index in [1.165, 1.54) is 14.3 Å². The molecule has 0 amide bonds. The third-order valence-electron chi connectivity index (χ3n) is 2.64. The molecule has 0 aliphatic carbocycles. The summed E-state index contributed by atoms with van der Waals surface area (Å²) in [7, 11) is 0. The van der Waals surface area contributed by atoms with Crippen molar-refractivity contribution in [2.75, 3.05) is 51.1 Å². The van der Waals surface area contributed by atoms with Crippen molar-refractivity contribution >= 4 is 39.5 Å². The van der Waals surface area contributed by atoms with Crippen molar-refractivity contribution in [1.82, 2.24) is 0 Å². The van der Waals surface area contributed by atoms with Crippen molar-refractivity contribution in [3.63, 3.8) is 0 Å². The Morgan fingerprint density at radius 2 is 1.20 bits per heavy atom. The van der Waals surface area contributed by atoms with Crippen LogP contribution in [-0.4, -0.2) is 51.1 Å². The quantitative estimate of drug-likeness (QED) is 0.686. The van der Waals surface area contributed by atoms with E-state index in [9.17, 15) is 0 Å². The molecule has 0 radical (unpaired) electrons. The average Bonchev–Trinajstić information content (AvgIpc) is 2.46. The maximum absolute atomic E-state index is 5.54. The lowest BCUT2D eigenvalue weighted by Gasteiger charge is -2.11. The Hall–Kier alpha value is 0.280. The topological polar surface area (TPSA) is 27.7 Å². The predicted molar refractivity (Wildman–Crippen MR) is 88.0 cm³/mol. The second kappa shape index (κ2) is 10.1. The molecule has 1 heterocycles. The van der Waals surface area contributed by atoms with Gasteiger partial charge in [0.05, 0.1) is 39.6 Å². The fraction of sp³-hybridized carbons (Fsp3) is 0.571. The largest absolute Gasteiger partial charge is 0.378 e. The zero-order valence-electron chi connectivity index (χ0n) is 11.3. The summed E-state index contributed by atoms with van der Waals surface area (Å²) in [5.41, 5.74) is 0.